The minimum absolute atomic E-state index is 0.106. The molecule has 8 aromatic rings. The van der Waals surface area contributed by atoms with E-state index in [0.29, 0.717) is 5.89 Å². The van der Waals surface area contributed by atoms with Crippen molar-refractivity contribution in [3.05, 3.63) is 181 Å². The normalized spacial score (nSPS) is 12.9. The molecule has 0 saturated carbocycles. The molecular weight excluding hydrogens is 597 g/mol. The van der Waals surface area contributed by atoms with Crippen molar-refractivity contribution in [1.29, 1.82) is 0 Å². The first kappa shape index (κ1) is 29.0. The third-order valence-electron chi connectivity index (χ3n) is 9.93. The molecule has 49 heavy (non-hydrogen) atoms. The molecule has 0 spiro atoms. The van der Waals surface area contributed by atoms with Gasteiger partial charge in [-0.3, -0.25) is 0 Å². The Balaban J connectivity index is 1.18. The second-order valence-corrected chi connectivity index (χ2v) is 13.2. The third kappa shape index (κ3) is 4.86. The number of oxazole rings is 1. The van der Waals surface area contributed by atoms with E-state index in [1.807, 2.05) is 42.5 Å². The van der Waals surface area contributed by atoms with Gasteiger partial charge in [-0.2, -0.15) is 0 Å². The van der Waals surface area contributed by atoms with Gasteiger partial charge in [-0.1, -0.05) is 135 Å². The van der Waals surface area contributed by atoms with E-state index in [-0.39, 0.29) is 5.41 Å². The van der Waals surface area contributed by atoms with Gasteiger partial charge in [0.25, 0.3) is 0 Å². The van der Waals surface area contributed by atoms with E-state index in [2.05, 4.69) is 146 Å². The predicted molar refractivity (Wildman–Crippen MR) is 203 cm³/mol. The molecule has 1 aliphatic rings. The molecule has 1 aliphatic carbocycles. The van der Waals surface area contributed by atoms with Crippen molar-refractivity contribution in [2.45, 2.75) is 19.3 Å². The summed E-state index contributed by atoms with van der Waals surface area (Å²) in [6.07, 6.45) is 0. The first-order valence-electron chi connectivity index (χ1n) is 16.8. The molecular formula is C46H34N2O. The number of para-hydroxylation sites is 2. The highest BCUT2D eigenvalue weighted by atomic mass is 16.3. The van der Waals surface area contributed by atoms with Crippen molar-refractivity contribution < 1.29 is 4.42 Å². The summed E-state index contributed by atoms with van der Waals surface area (Å²) in [5.74, 6) is 0.630. The summed E-state index contributed by atoms with van der Waals surface area (Å²) >= 11 is 0. The topological polar surface area (TPSA) is 29.3 Å². The summed E-state index contributed by atoms with van der Waals surface area (Å²) in [6, 6.07) is 60.2. The summed E-state index contributed by atoms with van der Waals surface area (Å²) in [7, 11) is 0. The van der Waals surface area contributed by atoms with Crippen LogP contribution in [0.4, 0.5) is 17.1 Å². The number of rotatable bonds is 6. The van der Waals surface area contributed by atoms with Gasteiger partial charge in [0.2, 0.25) is 5.89 Å². The molecule has 7 aromatic carbocycles. The molecule has 0 atom stereocenters. The van der Waals surface area contributed by atoms with Crippen LogP contribution in [0.15, 0.2) is 174 Å². The lowest BCUT2D eigenvalue weighted by Crippen LogP contribution is -2.16. The van der Waals surface area contributed by atoms with Crippen LogP contribution in [-0.4, -0.2) is 4.98 Å². The average molecular weight is 631 g/mol. The maximum absolute atomic E-state index is 6.21. The Morgan fingerprint density at radius 3 is 1.84 bits per heavy atom. The first-order chi connectivity index (χ1) is 24.1. The number of nitrogens with zero attached hydrogens (tertiary/aromatic N) is 2. The van der Waals surface area contributed by atoms with Gasteiger partial charge in [-0.25, -0.2) is 4.98 Å². The molecule has 0 bridgehead atoms. The second-order valence-electron chi connectivity index (χ2n) is 13.2. The molecule has 1 heterocycles. The van der Waals surface area contributed by atoms with Crippen LogP contribution in [0, 0.1) is 0 Å². The van der Waals surface area contributed by atoms with Gasteiger partial charge >= 0.3 is 0 Å². The van der Waals surface area contributed by atoms with Crippen molar-refractivity contribution in [3.63, 3.8) is 0 Å². The fourth-order valence-electron chi connectivity index (χ4n) is 7.46. The standard InChI is InChI=1S/C46H34N2O/c1-46(2)40-21-11-9-19-38(40)39-29-28-35(30-41(39)46)48(42-22-12-10-18-36(42)31-14-5-3-6-15-31)34-26-24-32(25-27-34)37-20-13-23-43-44(37)47-45(49-43)33-16-7-4-8-17-33/h3-30H,1-2H3. The van der Waals surface area contributed by atoms with Gasteiger partial charge in [0.05, 0.1) is 5.69 Å². The van der Waals surface area contributed by atoms with Gasteiger partial charge in [0.15, 0.2) is 5.58 Å². The Kier molecular flexibility index (Phi) is 6.80. The first-order valence-corrected chi connectivity index (χ1v) is 16.8. The highest BCUT2D eigenvalue weighted by Crippen LogP contribution is 2.51. The highest BCUT2D eigenvalue weighted by Gasteiger charge is 2.35. The summed E-state index contributed by atoms with van der Waals surface area (Å²) in [4.78, 5) is 7.34. The monoisotopic (exact) mass is 630 g/mol. The maximum atomic E-state index is 6.21. The molecule has 9 rings (SSSR count). The SMILES string of the molecule is CC1(C)c2ccccc2-c2ccc(N(c3ccc(-c4cccc5oc(-c6ccccc6)nc45)cc3)c3ccccc3-c3ccccc3)cc21. The number of benzene rings is 7. The van der Waals surface area contributed by atoms with Crippen molar-refractivity contribution in [2.24, 2.45) is 0 Å². The van der Waals surface area contributed by atoms with E-state index in [0.717, 1.165) is 44.9 Å². The smallest absolute Gasteiger partial charge is 0.227 e. The lowest BCUT2D eigenvalue weighted by atomic mass is 9.82. The van der Waals surface area contributed by atoms with E-state index < -0.39 is 0 Å². The van der Waals surface area contributed by atoms with Gasteiger partial charge in [-0.15, -0.1) is 0 Å². The van der Waals surface area contributed by atoms with Crippen LogP contribution in [0.3, 0.4) is 0 Å². The molecule has 3 heteroatoms. The average Bonchev–Trinajstić information content (AvgIpc) is 3.70. The lowest BCUT2D eigenvalue weighted by Gasteiger charge is -2.30. The van der Waals surface area contributed by atoms with Crippen molar-refractivity contribution in [3.8, 4) is 44.8 Å². The summed E-state index contributed by atoms with van der Waals surface area (Å²) in [5.41, 5.74) is 15.7. The Hall–Kier alpha value is -6.19. The number of hydrogen-bond acceptors (Lipinski definition) is 3. The number of anilines is 3. The summed E-state index contributed by atoms with van der Waals surface area (Å²) < 4.78 is 6.21. The van der Waals surface area contributed by atoms with Crippen LogP contribution < -0.4 is 4.90 Å². The van der Waals surface area contributed by atoms with Gasteiger partial charge < -0.3 is 9.32 Å². The summed E-state index contributed by atoms with van der Waals surface area (Å²) in [5, 5.41) is 0. The minimum Gasteiger partial charge on any atom is -0.436 e. The van der Waals surface area contributed by atoms with Crippen molar-refractivity contribution >= 4 is 28.2 Å². The lowest BCUT2D eigenvalue weighted by molar-refractivity contribution is 0.620. The zero-order chi connectivity index (χ0) is 33.0. The molecule has 234 valence electrons. The van der Waals surface area contributed by atoms with E-state index in [4.69, 9.17) is 9.40 Å². The van der Waals surface area contributed by atoms with Gasteiger partial charge in [-0.05, 0) is 81.9 Å². The largest absolute Gasteiger partial charge is 0.436 e. The molecule has 3 nitrogen and oxygen atoms in total. The molecule has 1 aromatic heterocycles. The molecule has 0 unspecified atom stereocenters. The number of aromatic nitrogens is 1. The highest BCUT2D eigenvalue weighted by molar-refractivity contribution is 5.94. The fourth-order valence-corrected chi connectivity index (χ4v) is 7.46. The zero-order valence-electron chi connectivity index (χ0n) is 27.5. The van der Waals surface area contributed by atoms with Crippen molar-refractivity contribution in [2.75, 3.05) is 4.90 Å². The zero-order valence-corrected chi connectivity index (χ0v) is 27.5. The van der Waals surface area contributed by atoms with E-state index in [1.54, 1.807) is 0 Å². The van der Waals surface area contributed by atoms with Crippen LogP contribution in [0.5, 0.6) is 0 Å². The van der Waals surface area contributed by atoms with E-state index >= 15 is 0 Å². The quantitative estimate of drug-likeness (QED) is 0.183. The third-order valence-corrected chi connectivity index (χ3v) is 9.93. The Labute approximate surface area is 286 Å². The summed E-state index contributed by atoms with van der Waals surface area (Å²) in [6.45, 7) is 4.68. The Morgan fingerprint density at radius 2 is 1.06 bits per heavy atom. The molecule has 0 radical (unpaired) electrons. The predicted octanol–water partition coefficient (Wildman–Crippen LogP) is 12.6. The van der Waals surface area contributed by atoms with Crippen LogP contribution in [0.25, 0.3) is 55.9 Å². The Bertz CT molecular complexity index is 2460. The molecule has 0 aliphatic heterocycles. The van der Waals surface area contributed by atoms with Crippen molar-refractivity contribution in [1.82, 2.24) is 4.98 Å². The van der Waals surface area contributed by atoms with Crippen LogP contribution in [0.2, 0.25) is 0 Å². The Morgan fingerprint density at radius 1 is 0.469 bits per heavy atom. The van der Waals surface area contributed by atoms with Crippen LogP contribution >= 0.6 is 0 Å². The molecule has 0 fully saturated rings. The second kappa shape index (κ2) is 11.5. The number of fused-ring (bicyclic) bond motifs is 4. The molecule has 0 N–H and O–H groups in total. The van der Waals surface area contributed by atoms with E-state index in [1.165, 1.54) is 33.4 Å². The van der Waals surface area contributed by atoms with Gasteiger partial charge in [0.1, 0.15) is 5.52 Å². The maximum Gasteiger partial charge on any atom is 0.227 e. The van der Waals surface area contributed by atoms with E-state index in [9.17, 15) is 0 Å². The fraction of sp³-hybridized carbons (Fsp3) is 0.0652. The molecule has 0 saturated heterocycles. The number of hydrogen-bond donors (Lipinski definition) is 0. The van der Waals surface area contributed by atoms with Crippen LogP contribution in [0.1, 0.15) is 25.0 Å². The molecule has 0 amide bonds. The van der Waals surface area contributed by atoms with Crippen LogP contribution in [-0.2, 0) is 5.41 Å². The van der Waals surface area contributed by atoms with Gasteiger partial charge in [0, 0.05) is 33.5 Å². The minimum atomic E-state index is -0.106.